The summed E-state index contributed by atoms with van der Waals surface area (Å²) in [5.41, 5.74) is 2.80. The lowest BCUT2D eigenvalue weighted by Crippen LogP contribution is -2.37. The zero-order valence-electron chi connectivity index (χ0n) is 18.5. The summed E-state index contributed by atoms with van der Waals surface area (Å²) in [6.07, 6.45) is 7.48. The zero-order valence-corrected chi connectivity index (χ0v) is 18.5. The van der Waals surface area contributed by atoms with Gasteiger partial charge >= 0.3 is 5.97 Å². The second-order valence-electron chi connectivity index (χ2n) is 7.96. The molecular formula is C24H33N3O4. The van der Waals surface area contributed by atoms with E-state index in [4.69, 9.17) is 19.4 Å². The van der Waals surface area contributed by atoms with Crippen molar-refractivity contribution in [3.8, 4) is 17.0 Å². The highest BCUT2D eigenvalue weighted by Crippen LogP contribution is 2.32. The lowest BCUT2D eigenvalue weighted by molar-refractivity contribution is -0.142. The van der Waals surface area contributed by atoms with Crippen LogP contribution in [-0.4, -0.2) is 54.5 Å². The van der Waals surface area contributed by atoms with Gasteiger partial charge in [-0.15, -0.1) is 0 Å². The molecule has 1 aliphatic heterocycles. The summed E-state index contributed by atoms with van der Waals surface area (Å²) in [6, 6.07) is 7.86. The van der Waals surface area contributed by atoms with Crippen molar-refractivity contribution in [1.82, 2.24) is 9.97 Å². The van der Waals surface area contributed by atoms with Crippen LogP contribution in [0.25, 0.3) is 11.3 Å². The average Bonchev–Trinajstić information content (AvgIpc) is 2.80. The molecule has 0 aliphatic carbocycles. The number of methoxy groups -OCH3 is 1. The molecule has 7 heteroatoms. The number of hydrogen-bond acceptors (Lipinski definition) is 6. The van der Waals surface area contributed by atoms with Crippen molar-refractivity contribution in [3.05, 3.63) is 36.2 Å². The first kappa shape index (κ1) is 23.0. The number of carbonyl (C=O) groups is 1. The van der Waals surface area contributed by atoms with E-state index in [0.717, 1.165) is 41.4 Å². The Morgan fingerprint density at radius 1 is 1.16 bits per heavy atom. The van der Waals surface area contributed by atoms with Gasteiger partial charge in [-0.25, -0.2) is 4.98 Å². The summed E-state index contributed by atoms with van der Waals surface area (Å²) >= 11 is 0. The fourth-order valence-electron chi connectivity index (χ4n) is 3.81. The summed E-state index contributed by atoms with van der Waals surface area (Å²) < 4.78 is 10.7. The van der Waals surface area contributed by atoms with Crippen molar-refractivity contribution >= 4 is 11.8 Å². The smallest absolute Gasteiger partial charge is 0.306 e. The van der Waals surface area contributed by atoms with Gasteiger partial charge in [0.05, 0.1) is 18.2 Å². The molecule has 1 fully saturated rings. The number of carboxylic acids is 1. The molecule has 1 saturated heterocycles. The normalized spacial score (nSPS) is 14.6. The quantitative estimate of drug-likeness (QED) is 0.538. The van der Waals surface area contributed by atoms with Crippen LogP contribution in [0.3, 0.4) is 0 Å². The van der Waals surface area contributed by atoms with Crippen molar-refractivity contribution in [1.29, 1.82) is 0 Å². The highest BCUT2D eigenvalue weighted by Gasteiger charge is 2.27. The van der Waals surface area contributed by atoms with E-state index in [1.54, 1.807) is 7.11 Å². The Hall–Kier alpha value is -2.67. The number of piperidine rings is 1. The van der Waals surface area contributed by atoms with Crippen molar-refractivity contribution < 1.29 is 19.4 Å². The molecule has 1 aromatic heterocycles. The van der Waals surface area contributed by atoms with Crippen LogP contribution in [0.2, 0.25) is 0 Å². The number of ether oxygens (including phenoxy) is 2. The Balaban J connectivity index is 1.82. The Morgan fingerprint density at radius 3 is 2.55 bits per heavy atom. The number of hydrogen-bond donors (Lipinski definition) is 1. The van der Waals surface area contributed by atoms with Gasteiger partial charge in [-0.1, -0.05) is 19.8 Å². The van der Waals surface area contributed by atoms with E-state index in [9.17, 15) is 9.90 Å². The van der Waals surface area contributed by atoms with E-state index in [2.05, 4.69) is 11.8 Å². The van der Waals surface area contributed by atoms with Crippen LogP contribution in [0, 0.1) is 5.92 Å². The van der Waals surface area contributed by atoms with Gasteiger partial charge in [0, 0.05) is 32.0 Å². The number of aryl methyl sites for hydroxylation is 1. The van der Waals surface area contributed by atoms with Crippen LogP contribution in [0.5, 0.6) is 5.75 Å². The maximum Gasteiger partial charge on any atom is 0.306 e. The summed E-state index contributed by atoms with van der Waals surface area (Å²) in [6.45, 7) is 4.59. The van der Waals surface area contributed by atoms with Gasteiger partial charge < -0.3 is 19.5 Å². The third-order valence-corrected chi connectivity index (χ3v) is 5.67. The number of carboxylic acid groups (broad SMARTS) is 1. The molecule has 0 bridgehead atoms. The van der Waals surface area contributed by atoms with Crippen LogP contribution < -0.4 is 9.64 Å². The molecule has 0 spiro atoms. The molecule has 168 valence electrons. The minimum atomic E-state index is -0.705. The SMILES string of the molecule is CCCCCc1cnc(-c2ccc(OCCOC)cc2)c(N2CCC(C(=O)O)CC2)n1. The number of rotatable bonds is 11. The molecule has 3 rings (SSSR count). The van der Waals surface area contributed by atoms with Gasteiger partial charge in [-0.05, 0) is 49.9 Å². The van der Waals surface area contributed by atoms with Crippen LogP contribution in [0.15, 0.2) is 30.5 Å². The molecule has 0 atom stereocenters. The number of nitrogens with zero attached hydrogens (tertiary/aromatic N) is 3. The second-order valence-corrected chi connectivity index (χ2v) is 7.96. The minimum absolute atomic E-state index is 0.274. The van der Waals surface area contributed by atoms with Crippen LogP contribution in [0.1, 0.15) is 44.7 Å². The Morgan fingerprint density at radius 2 is 1.90 bits per heavy atom. The van der Waals surface area contributed by atoms with Gasteiger partial charge in [0.15, 0.2) is 5.82 Å². The molecule has 1 N–H and O–H groups in total. The highest BCUT2D eigenvalue weighted by molar-refractivity contribution is 5.74. The van der Waals surface area contributed by atoms with Gasteiger partial charge in [0.1, 0.15) is 18.1 Å². The Kier molecular flexibility index (Phi) is 8.64. The fourth-order valence-corrected chi connectivity index (χ4v) is 3.81. The Bertz CT molecular complexity index is 833. The van der Waals surface area contributed by atoms with E-state index >= 15 is 0 Å². The van der Waals surface area contributed by atoms with Gasteiger partial charge in [0.25, 0.3) is 0 Å². The lowest BCUT2D eigenvalue weighted by Gasteiger charge is -2.32. The summed E-state index contributed by atoms with van der Waals surface area (Å²) in [5, 5.41) is 9.33. The average molecular weight is 428 g/mol. The number of aliphatic carboxylic acids is 1. The monoisotopic (exact) mass is 427 g/mol. The molecule has 0 unspecified atom stereocenters. The van der Waals surface area contributed by atoms with Crippen molar-refractivity contribution in [3.63, 3.8) is 0 Å². The first-order valence-corrected chi connectivity index (χ1v) is 11.2. The molecule has 0 saturated carbocycles. The summed E-state index contributed by atoms with van der Waals surface area (Å²) in [4.78, 5) is 23.3. The van der Waals surface area contributed by atoms with E-state index in [1.807, 2.05) is 30.5 Å². The van der Waals surface area contributed by atoms with E-state index < -0.39 is 5.97 Å². The van der Waals surface area contributed by atoms with Gasteiger partial charge in [-0.3, -0.25) is 9.78 Å². The van der Waals surface area contributed by atoms with Crippen molar-refractivity contribution in [2.24, 2.45) is 5.92 Å². The van der Waals surface area contributed by atoms with Crippen LogP contribution in [-0.2, 0) is 16.0 Å². The van der Waals surface area contributed by atoms with Gasteiger partial charge in [-0.2, -0.15) is 0 Å². The maximum absolute atomic E-state index is 11.3. The molecule has 0 radical (unpaired) electrons. The lowest BCUT2D eigenvalue weighted by atomic mass is 9.97. The molecule has 2 aromatic rings. The second kappa shape index (κ2) is 11.6. The van der Waals surface area contributed by atoms with E-state index in [0.29, 0.717) is 39.1 Å². The van der Waals surface area contributed by atoms with E-state index in [1.165, 1.54) is 12.8 Å². The molecule has 31 heavy (non-hydrogen) atoms. The van der Waals surface area contributed by atoms with Crippen molar-refractivity contribution in [2.75, 3.05) is 38.3 Å². The first-order chi connectivity index (χ1) is 15.1. The standard InChI is InChI=1S/C24H33N3O4/c1-3-4-5-6-20-17-25-22(18-7-9-21(10-8-18)31-16-15-30-2)23(26-20)27-13-11-19(12-14-27)24(28)29/h7-10,17,19H,3-6,11-16H2,1-2H3,(H,28,29). The summed E-state index contributed by atoms with van der Waals surface area (Å²) in [5.74, 6) is 0.659. The first-order valence-electron chi connectivity index (χ1n) is 11.2. The molecule has 2 heterocycles. The predicted molar refractivity (Wildman–Crippen MR) is 121 cm³/mol. The maximum atomic E-state index is 11.3. The largest absolute Gasteiger partial charge is 0.491 e. The zero-order chi connectivity index (χ0) is 22.1. The number of unbranched alkanes of at least 4 members (excludes halogenated alkanes) is 2. The molecule has 7 nitrogen and oxygen atoms in total. The third kappa shape index (κ3) is 6.40. The Labute approximate surface area is 184 Å². The minimum Gasteiger partial charge on any atom is -0.491 e. The number of benzene rings is 1. The number of anilines is 1. The van der Waals surface area contributed by atoms with Crippen molar-refractivity contribution in [2.45, 2.75) is 45.4 Å². The molecular weight excluding hydrogens is 394 g/mol. The topological polar surface area (TPSA) is 84.8 Å². The third-order valence-electron chi connectivity index (χ3n) is 5.67. The highest BCUT2D eigenvalue weighted by atomic mass is 16.5. The summed E-state index contributed by atoms with van der Waals surface area (Å²) in [7, 11) is 1.65. The van der Waals surface area contributed by atoms with Gasteiger partial charge in [0.2, 0.25) is 0 Å². The van der Waals surface area contributed by atoms with E-state index in [-0.39, 0.29) is 5.92 Å². The van der Waals surface area contributed by atoms with Crippen LogP contribution in [0.4, 0.5) is 5.82 Å². The predicted octanol–water partition coefficient (Wildman–Crippen LogP) is 4.20. The van der Waals surface area contributed by atoms with Crippen LogP contribution >= 0.6 is 0 Å². The number of aromatic nitrogens is 2. The molecule has 1 aliphatic rings. The molecule has 0 amide bonds. The molecule has 1 aromatic carbocycles. The fraction of sp³-hybridized carbons (Fsp3) is 0.542.